The van der Waals surface area contributed by atoms with E-state index in [0.29, 0.717) is 22.3 Å². The third-order valence-corrected chi connectivity index (χ3v) is 5.46. The predicted octanol–water partition coefficient (Wildman–Crippen LogP) is 4.38. The van der Waals surface area contributed by atoms with Gasteiger partial charge in [-0.05, 0) is 42.7 Å². The summed E-state index contributed by atoms with van der Waals surface area (Å²) in [6.07, 6.45) is 1.69. The van der Waals surface area contributed by atoms with Crippen molar-refractivity contribution in [2.45, 2.75) is 17.7 Å². The lowest BCUT2D eigenvalue weighted by molar-refractivity contribution is 0.601. The minimum atomic E-state index is -3.68. The number of anilines is 2. The van der Waals surface area contributed by atoms with E-state index >= 15 is 0 Å². The van der Waals surface area contributed by atoms with E-state index in [9.17, 15) is 8.42 Å². The van der Waals surface area contributed by atoms with Crippen molar-refractivity contribution >= 4 is 44.6 Å². The summed E-state index contributed by atoms with van der Waals surface area (Å²) in [6.45, 7) is 0. The highest BCUT2D eigenvalue weighted by Crippen LogP contribution is 2.33. The zero-order valence-electron chi connectivity index (χ0n) is 13.6. The summed E-state index contributed by atoms with van der Waals surface area (Å²) in [6, 6.07) is 12.0. The number of aryl methyl sites for hydroxylation is 1. The van der Waals surface area contributed by atoms with Gasteiger partial charge in [-0.25, -0.2) is 8.42 Å². The Morgan fingerprint density at radius 3 is 2.33 bits per heavy atom. The Morgan fingerprint density at radius 2 is 1.75 bits per heavy atom. The van der Waals surface area contributed by atoms with Crippen LogP contribution in [0.5, 0.6) is 0 Å². The molecular weight excluding hydrogens is 367 g/mol. The highest BCUT2D eigenvalue weighted by molar-refractivity contribution is 7.92. The summed E-state index contributed by atoms with van der Waals surface area (Å²) in [4.78, 5) is 1.98. The lowest BCUT2D eigenvalue weighted by Crippen LogP contribution is -2.17. The number of rotatable bonds is 7. The van der Waals surface area contributed by atoms with Crippen LogP contribution in [0.25, 0.3) is 0 Å². The fourth-order valence-electron chi connectivity index (χ4n) is 2.36. The topological polar surface area (TPSA) is 49.4 Å². The van der Waals surface area contributed by atoms with Gasteiger partial charge in [0.2, 0.25) is 0 Å². The minimum Gasteiger partial charge on any atom is -0.375 e. The number of hydrogen-bond acceptors (Lipinski definition) is 3. The summed E-state index contributed by atoms with van der Waals surface area (Å²) in [5.41, 5.74) is 2.13. The first-order chi connectivity index (χ1) is 11.3. The van der Waals surface area contributed by atoms with E-state index in [1.807, 2.05) is 26.2 Å². The van der Waals surface area contributed by atoms with Gasteiger partial charge >= 0.3 is 0 Å². The van der Waals surface area contributed by atoms with Gasteiger partial charge in [-0.2, -0.15) is 0 Å². The zero-order chi connectivity index (χ0) is 17.7. The van der Waals surface area contributed by atoms with Crippen LogP contribution in [0.15, 0.2) is 47.4 Å². The monoisotopic (exact) mass is 386 g/mol. The Hall–Kier alpha value is -1.43. The molecule has 0 radical (unpaired) electrons. The zero-order valence-corrected chi connectivity index (χ0v) is 15.9. The number of nitrogens with one attached hydrogen (secondary N) is 1. The molecule has 1 N–H and O–H groups in total. The van der Waals surface area contributed by atoms with Crippen molar-refractivity contribution in [2.75, 3.05) is 29.6 Å². The second-order valence-corrected chi connectivity index (χ2v) is 8.04. The first-order valence-electron chi connectivity index (χ1n) is 7.48. The van der Waals surface area contributed by atoms with Gasteiger partial charge in [-0.3, -0.25) is 4.72 Å². The average Bonchev–Trinajstić information content (AvgIpc) is 2.52. The van der Waals surface area contributed by atoms with Crippen molar-refractivity contribution in [3.63, 3.8) is 0 Å². The van der Waals surface area contributed by atoms with Crippen LogP contribution in [0.1, 0.15) is 12.0 Å². The highest BCUT2D eigenvalue weighted by Gasteiger charge is 2.18. The molecule has 0 atom stereocenters. The Morgan fingerprint density at radius 1 is 1.08 bits per heavy atom. The van der Waals surface area contributed by atoms with Gasteiger partial charge in [0.15, 0.2) is 0 Å². The number of nitrogens with zero attached hydrogens (tertiary/aromatic N) is 1. The van der Waals surface area contributed by atoms with Crippen LogP contribution in [-0.2, 0) is 16.4 Å². The molecule has 0 saturated heterocycles. The average molecular weight is 387 g/mol. The molecule has 0 fully saturated rings. The normalized spacial score (nSPS) is 11.3. The van der Waals surface area contributed by atoms with E-state index in [2.05, 4.69) is 4.72 Å². The molecule has 0 amide bonds. The van der Waals surface area contributed by atoms with Crippen LogP contribution in [0.4, 0.5) is 11.4 Å². The first kappa shape index (κ1) is 18.9. The summed E-state index contributed by atoms with van der Waals surface area (Å²) in [5, 5.41) is 0.483. The second-order valence-electron chi connectivity index (χ2n) is 5.57. The molecule has 0 saturated carbocycles. The quantitative estimate of drug-likeness (QED) is 0.718. The summed E-state index contributed by atoms with van der Waals surface area (Å²) in [7, 11) is -0.0644. The van der Waals surface area contributed by atoms with Crippen LogP contribution in [0.2, 0.25) is 5.02 Å². The Labute approximate surface area is 153 Å². The van der Waals surface area contributed by atoms with Gasteiger partial charge in [-0.1, -0.05) is 29.8 Å². The molecule has 2 rings (SSSR count). The SMILES string of the molecule is CN(C)c1c(Cl)cccc1NS(=O)(=O)c1ccc(CCCCl)cc1. The number of benzene rings is 2. The van der Waals surface area contributed by atoms with Crippen molar-refractivity contribution in [3.05, 3.63) is 53.1 Å². The van der Waals surface area contributed by atoms with Crippen molar-refractivity contribution in [1.82, 2.24) is 0 Å². The maximum atomic E-state index is 12.6. The summed E-state index contributed by atoms with van der Waals surface area (Å²) >= 11 is 11.9. The Bertz CT molecular complexity index is 791. The van der Waals surface area contributed by atoms with E-state index in [0.717, 1.165) is 18.4 Å². The molecular formula is C17H20Cl2N2O2S. The molecule has 2 aromatic carbocycles. The number of alkyl halides is 1. The molecule has 7 heteroatoms. The van der Waals surface area contributed by atoms with Gasteiger partial charge < -0.3 is 4.90 Å². The van der Waals surface area contributed by atoms with Gasteiger partial charge in [0.25, 0.3) is 10.0 Å². The maximum Gasteiger partial charge on any atom is 0.261 e. The molecule has 4 nitrogen and oxygen atoms in total. The fraction of sp³-hybridized carbons (Fsp3) is 0.294. The fourth-order valence-corrected chi connectivity index (χ4v) is 3.91. The molecule has 0 aromatic heterocycles. The predicted molar refractivity (Wildman–Crippen MR) is 102 cm³/mol. The Balaban J connectivity index is 2.27. The molecule has 0 aliphatic rings. The molecule has 0 unspecified atom stereocenters. The van der Waals surface area contributed by atoms with Gasteiger partial charge in [-0.15, -0.1) is 11.6 Å². The van der Waals surface area contributed by atoms with Gasteiger partial charge in [0.1, 0.15) is 0 Å². The third kappa shape index (κ3) is 4.56. The van der Waals surface area contributed by atoms with Crippen LogP contribution < -0.4 is 9.62 Å². The molecule has 0 aliphatic carbocycles. The van der Waals surface area contributed by atoms with Crippen molar-refractivity contribution in [1.29, 1.82) is 0 Å². The lowest BCUT2D eigenvalue weighted by atomic mass is 10.1. The molecule has 130 valence electrons. The van der Waals surface area contributed by atoms with Crippen LogP contribution in [-0.4, -0.2) is 28.4 Å². The standard InChI is InChI=1S/C17H20Cl2N2O2S/c1-21(2)17-15(19)6-3-7-16(17)20-24(22,23)14-10-8-13(9-11-14)5-4-12-18/h3,6-11,20H,4-5,12H2,1-2H3. The van der Waals surface area contributed by atoms with E-state index in [1.54, 1.807) is 35.2 Å². The number of para-hydroxylation sites is 1. The maximum absolute atomic E-state index is 12.6. The van der Waals surface area contributed by atoms with Crippen molar-refractivity contribution in [3.8, 4) is 0 Å². The van der Waals surface area contributed by atoms with E-state index in [-0.39, 0.29) is 4.90 Å². The van der Waals surface area contributed by atoms with E-state index in [1.165, 1.54) is 0 Å². The second kappa shape index (κ2) is 8.10. The highest BCUT2D eigenvalue weighted by atomic mass is 35.5. The summed E-state index contributed by atoms with van der Waals surface area (Å²) in [5.74, 6) is 0.587. The Kier molecular flexibility index (Phi) is 6.38. The van der Waals surface area contributed by atoms with Gasteiger partial charge in [0.05, 0.1) is 21.3 Å². The van der Waals surface area contributed by atoms with Crippen molar-refractivity contribution < 1.29 is 8.42 Å². The first-order valence-corrected chi connectivity index (χ1v) is 9.88. The minimum absolute atomic E-state index is 0.210. The van der Waals surface area contributed by atoms with Crippen LogP contribution >= 0.6 is 23.2 Å². The number of sulfonamides is 1. The third-order valence-electron chi connectivity index (χ3n) is 3.51. The van der Waals surface area contributed by atoms with E-state index < -0.39 is 10.0 Å². The molecule has 0 spiro atoms. The largest absolute Gasteiger partial charge is 0.375 e. The summed E-state index contributed by atoms with van der Waals surface area (Å²) < 4.78 is 27.9. The lowest BCUT2D eigenvalue weighted by Gasteiger charge is -2.20. The van der Waals surface area contributed by atoms with Gasteiger partial charge in [0, 0.05) is 20.0 Å². The number of hydrogen-bond donors (Lipinski definition) is 1. The molecule has 0 heterocycles. The van der Waals surface area contributed by atoms with Crippen LogP contribution in [0.3, 0.4) is 0 Å². The van der Waals surface area contributed by atoms with Crippen molar-refractivity contribution in [2.24, 2.45) is 0 Å². The molecule has 0 aliphatic heterocycles. The molecule has 2 aromatic rings. The molecule has 0 bridgehead atoms. The van der Waals surface area contributed by atoms with E-state index in [4.69, 9.17) is 23.2 Å². The number of halogens is 2. The molecule has 24 heavy (non-hydrogen) atoms. The van der Waals surface area contributed by atoms with Crippen LogP contribution in [0, 0.1) is 0 Å². The smallest absolute Gasteiger partial charge is 0.261 e.